The van der Waals surface area contributed by atoms with Crippen molar-refractivity contribution in [3.63, 3.8) is 0 Å². The molecule has 0 fully saturated rings. The summed E-state index contributed by atoms with van der Waals surface area (Å²) >= 11 is 0. The van der Waals surface area contributed by atoms with Crippen LogP contribution in [0.5, 0.6) is 0 Å². The van der Waals surface area contributed by atoms with Crippen molar-refractivity contribution < 1.29 is 14.6 Å². The highest BCUT2D eigenvalue weighted by Gasteiger charge is 2.14. The number of rotatable bonds is 3. The fraction of sp³-hybridized carbons (Fsp3) is 0.300. The minimum Gasteiger partial charge on any atom is -0.469 e. The number of aliphatic hydroxyl groups is 1. The molecule has 1 N–H and O–H groups in total. The molecule has 2 rings (SSSR count). The van der Waals surface area contributed by atoms with Gasteiger partial charge in [-0.2, -0.15) is 5.10 Å². The molecule has 0 aliphatic heterocycles. The lowest BCUT2D eigenvalue weighted by molar-refractivity contribution is -0.142. The lowest BCUT2D eigenvalue weighted by atomic mass is 10.1. The van der Waals surface area contributed by atoms with Gasteiger partial charge in [0, 0.05) is 24.0 Å². The van der Waals surface area contributed by atoms with Gasteiger partial charge in [-0.25, -0.2) is 9.50 Å². The van der Waals surface area contributed by atoms with Gasteiger partial charge >= 0.3 is 5.97 Å². The van der Waals surface area contributed by atoms with E-state index in [0.717, 1.165) is 0 Å². The van der Waals surface area contributed by atoms with E-state index in [0.29, 0.717) is 11.2 Å². The third kappa shape index (κ3) is 2.01. The van der Waals surface area contributed by atoms with Crippen LogP contribution in [0.3, 0.4) is 0 Å². The summed E-state index contributed by atoms with van der Waals surface area (Å²) in [4.78, 5) is 15.1. The Kier molecular flexibility index (Phi) is 2.82. The van der Waals surface area contributed by atoms with Gasteiger partial charge in [0.1, 0.15) is 0 Å². The lowest BCUT2D eigenvalue weighted by Crippen LogP contribution is -2.09. The normalized spacial score (nSPS) is 12.6. The highest BCUT2D eigenvalue weighted by molar-refractivity contribution is 5.70. The third-order valence-corrected chi connectivity index (χ3v) is 2.24. The molecule has 0 amide bonds. The van der Waals surface area contributed by atoms with Gasteiger partial charge in [-0.1, -0.05) is 0 Å². The Morgan fingerprint density at radius 2 is 2.50 bits per heavy atom. The van der Waals surface area contributed by atoms with Gasteiger partial charge in [0.25, 0.3) is 0 Å². The van der Waals surface area contributed by atoms with E-state index in [1.807, 2.05) is 0 Å². The highest BCUT2D eigenvalue weighted by Crippen LogP contribution is 2.16. The van der Waals surface area contributed by atoms with Crippen molar-refractivity contribution in [2.45, 2.75) is 12.5 Å². The minimum absolute atomic E-state index is 0.0923. The van der Waals surface area contributed by atoms with Gasteiger partial charge < -0.3 is 9.84 Å². The van der Waals surface area contributed by atoms with E-state index < -0.39 is 12.1 Å². The Morgan fingerprint density at radius 3 is 3.25 bits per heavy atom. The third-order valence-electron chi connectivity index (χ3n) is 2.24. The standard InChI is InChI=1S/C10H11N3O3/c1-16-10(15)4-8(14)7-5-11-9-2-3-12-13(9)6-7/h2-3,5-6,8,14H,4H2,1H3. The average Bonchev–Trinajstić information content (AvgIpc) is 2.75. The van der Waals surface area contributed by atoms with Gasteiger partial charge in [-0.05, 0) is 0 Å². The van der Waals surface area contributed by atoms with Crippen LogP contribution in [0.25, 0.3) is 5.65 Å². The van der Waals surface area contributed by atoms with Crippen LogP contribution in [0.2, 0.25) is 0 Å². The van der Waals surface area contributed by atoms with Crippen LogP contribution in [0.4, 0.5) is 0 Å². The molecule has 0 bridgehead atoms. The summed E-state index contributed by atoms with van der Waals surface area (Å²) in [6.07, 6.45) is 3.75. The van der Waals surface area contributed by atoms with Crippen LogP contribution in [0.1, 0.15) is 18.1 Å². The molecule has 2 heterocycles. The van der Waals surface area contributed by atoms with E-state index in [1.165, 1.54) is 17.8 Å². The van der Waals surface area contributed by atoms with Crippen molar-refractivity contribution >= 4 is 11.6 Å². The summed E-state index contributed by atoms with van der Waals surface area (Å²) in [5.41, 5.74) is 1.22. The van der Waals surface area contributed by atoms with Gasteiger partial charge in [0.15, 0.2) is 5.65 Å². The minimum atomic E-state index is -0.923. The van der Waals surface area contributed by atoms with Gasteiger partial charge in [-0.15, -0.1) is 0 Å². The Hall–Kier alpha value is -1.95. The number of ether oxygens (including phenoxy) is 1. The number of esters is 1. The summed E-state index contributed by atoms with van der Waals surface area (Å²) in [6, 6.07) is 1.75. The topological polar surface area (TPSA) is 76.7 Å². The van der Waals surface area contributed by atoms with Crippen LogP contribution in [0.15, 0.2) is 24.7 Å². The van der Waals surface area contributed by atoms with Crippen molar-refractivity contribution in [1.82, 2.24) is 14.6 Å². The van der Waals surface area contributed by atoms with Gasteiger partial charge in [-0.3, -0.25) is 4.79 Å². The van der Waals surface area contributed by atoms with Crippen molar-refractivity contribution in [3.8, 4) is 0 Å². The average molecular weight is 221 g/mol. The second-order valence-corrected chi connectivity index (χ2v) is 3.32. The van der Waals surface area contributed by atoms with Gasteiger partial charge in [0.05, 0.1) is 25.8 Å². The summed E-state index contributed by atoms with van der Waals surface area (Å²) < 4.78 is 6.01. The fourth-order valence-electron chi connectivity index (χ4n) is 1.36. The maximum Gasteiger partial charge on any atom is 0.308 e. The SMILES string of the molecule is COC(=O)CC(O)c1cnc2ccnn2c1. The largest absolute Gasteiger partial charge is 0.469 e. The smallest absolute Gasteiger partial charge is 0.308 e. The Morgan fingerprint density at radius 1 is 1.69 bits per heavy atom. The maximum atomic E-state index is 11.0. The van der Waals surface area contributed by atoms with Crippen molar-refractivity contribution in [3.05, 3.63) is 30.2 Å². The van der Waals surface area contributed by atoms with E-state index in [1.54, 1.807) is 18.5 Å². The second-order valence-electron chi connectivity index (χ2n) is 3.32. The van der Waals surface area contributed by atoms with Crippen LogP contribution < -0.4 is 0 Å². The van der Waals surface area contributed by atoms with Crippen LogP contribution in [-0.4, -0.2) is 32.8 Å². The first-order valence-electron chi connectivity index (χ1n) is 4.75. The van der Waals surface area contributed by atoms with Crippen LogP contribution >= 0.6 is 0 Å². The number of aromatic nitrogens is 3. The molecule has 0 aliphatic rings. The Labute approximate surface area is 91.5 Å². The Balaban J connectivity index is 2.22. The van der Waals surface area contributed by atoms with Crippen LogP contribution in [-0.2, 0) is 9.53 Å². The van der Waals surface area contributed by atoms with E-state index in [-0.39, 0.29) is 6.42 Å². The summed E-state index contributed by atoms with van der Waals surface area (Å²) in [5, 5.41) is 13.7. The molecule has 0 spiro atoms. The zero-order valence-electron chi connectivity index (χ0n) is 8.70. The van der Waals surface area contributed by atoms with E-state index in [2.05, 4.69) is 14.8 Å². The summed E-state index contributed by atoms with van der Waals surface area (Å²) in [6.45, 7) is 0. The van der Waals surface area contributed by atoms with Crippen molar-refractivity contribution in [2.75, 3.05) is 7.11 Å². The quantitative estimate of drug-likeness (QED) is 0.755. The molecule has 0 aliphatic carbocycles. The second kappa shape index (κ2) is 4.28. The molecule has 2 aromatic rings. The fourth-order valence-corrected chi connectivity index (χ4v) is 1.36. The van der Waals surface area contributed by atoms with Gasteiger partial charge in [0.2, 0.25) is 0 Å². The molecule has 16 heavy (non-hydrogen) atoms. The zero-order valence-corrected chi connectivity index (χ0v) is 8.70. The monoisotopic (exact) mass is 221 g/mol. The molecular formula is C10H11N3O3. The van der Waals surface area contributed by atoms with Crippen LogP contribution in [0, 0.1) is 0 Å². The molecule has 1 unspecified atom stereocenters. The lowest BCUT2D eigenvalue weighted by Gasteiger charge is -2.08. The molecular weight excluding hydrogens is 210 g/mol. The molecule has 84 valence electrons. The molecule has 1 atom stereocenters. The van der Waals surface area contributed by atoms with E-state index in [4.69, 9.17) is 0 Å². The Bertz CT molecular complexity index is 509. The van der Waals surface area contributed by atoms with E-state index in [9.17, 15) is 9.90 Å². The zero-order chi connectivity index (χ0) is 11.5. The van der Waals surface area contributed by atoms with Crippen molar-refractivity contribution in [2.24, 2.45) is 0 Å². The first kappa shape index (κ1) is 10.6. The molecule has 2 aromatic heterocycles. The number of aliphatic hydroxyl groups excluding tert-OH is 1. The number of fused-ring (bicyclic) bond motifs is 1. The first-order valence-corrected chi connectivity index (χ1v) is 4.75. The highest BCUT2D eigenvalue weighted by atomic mass is 16.5. The maximum absolute atomic E-state index is 11.0. The predicted octanol–water partition coefficient (Wildman–Crippen LogP) is 0.326. The summed E-state index contributed by atoms with van der Waals surface area (Å²) in [7, 11) is 1.28. The number of carbonyl (C=O) groups excluding carboxylic acids is 1. The van der Waals surface area contributed by atoms with E-state index >= 15 is 0 Å². The number of methoxy groups -OCH3 is 1. The molecule has 0 aromatic carbocycles. The summed E-state index contributed by atoms with van der Waals surface area (Å²) in [5.74, 6) is -0.465. The predicted molar refractivity (Wildman–Crippen MR) is 54.6 cm³/mol. The molecule has 0 radical (unpaired) electrons. The molecule has 0 saturated heterocycles. The molecule has 6 heteroatoms. The molecule has 6 nitrogen and oxygen atoms in total. The number of nitrogens with zero attached hydrogens (tertiary/aromatic N) is 3. The number of hydrogen-bond acceptors (Lipinski definition) is 5. The first-order chi connectivity index (χ1) is 7.70. The number of hydrogen-bond donors (Lipinski definition) is 1. The molecule has 0 saturated carbocycles. The number of carbonyl (C=O) groups is 1. The van der Waals surface area contributed by atoms with Crippen molar-refractivity contribution in [1.29, 1.82) is 0 Å².